The summed E-state index contributed by atoms with van der Waals surface area (Å²) in [6.07, 6.45) is 6.98. The van der Waals surface area contributed by atoms with Crippen LogP contribution in [0.1, 0.15) is 50.3 Å². The van der Waals surface area contributed by atoms with Crippen LogP contribution in [0.25, 0.3) is 0 Å². The van der Waals surface area contributed by atoms with Crippen molar-refractivity contribution in [3.05, 3.63) is 22.4 Å². The molecule has 1 aliphatic heterocycles. The molecule has 2 aliphatic rings. The normalized spacial score (nSPS) is 22.6. The Morgan fingerprint density at radius 3 is 2.70 bits per heavy atom. The standard InChI is InChI=1S/C19H32N4O2S2/c1-2-20-18(21-11-13-23-12-7-15-27(23,24)25)22-16-19(9-4-3-5-10-19)17-8-6-14-26-17/h6,8,14H,2-5,7,9-13,15-16H2,1H3,(H2,20,21,22). The van der Waals surface area contributed by atoms with Crippen LogP contribution in [0.4, 0.5) is 0 Å². The van der Waals surface area contributed by atoms with Crippen molar-refractivity contribution in [2.75, 3.05) is 38.5 Å². The number of nitrogens with zero attached hydrogens (tertiary/aromatic N) is 2. The lowest BCUT2D eigenvalue weighted by atomic mass is 9.73. The first-order chi connectivity index (χ1) is 13.1. The zero-order valence-corrected chi connectivity index (χ0v) is 17.9. The molecule has 1 saturated carbocycles. The molecule has 3 rings (SSSR count). The first kappa shape index (κ1) is 20.6. The Hall–Kier alpha value is -1.12. The number of guanidine groups is 1. The van der Waals surface area contributed by atoms with E-state index in [-0.39, 0.29) is 11.2 Å². The zero-order chi connectivity index (χ0) is 19.2. The van der Waals surface area contributed by atoms with Crippen molar-refractivity contribution < 1.29 is 8.42 Å². The minimum absolute atomic E-state index is 0.160. The fraction of sp³-hybridized carbons (Fsp3) is 0.737. The van der Waals surface area contributed by atoms with Crippen LogP contribution in [0.5, 0.6) is 0 Å². The van der Waals surface area contributed by atoms with Gasteiger partial charge in [-0.2, -0.15) is 0 Å². The molecule has 0 aromatic carbocycles. The van der Waals surface area contributed by atoms with Crippen molar-refractivity contribution in [1.82, 2.24) is 14.9 Å². The van der Waals surface area contributed by atoms with Crippen molar-refractivity contribution in [3.8, 4) is 0 Å². The number of hydrogen-bond acceptors (Lipinski definition) is 4. The first-order valence-corrected chi connectivity index (χ1v) is 12.6. The molecule has 152 valence electrons. The largest absolute Gasteiger partial charge is 0.357 e. The highest BCUT2D eigenvalue weighted by molar-refractivity contribution is 7.89. The minimum Gasteiger partial charge on any atom is -0.357 e. The SMILES string of the molecule is CCNC(=NCC1(c2cccs2)CCCCC1)NCCN1CCCS1(=O)=O. The van der Waals surface area contributed by atoms with Gasteiger partial charge in [-0.25, -0.2) is 12.7 Å². The van der Waals surface area contributed by atoms with Gasteiger partial charge in [0, 0.05) is 36.5 Å². The fourth-order valence-electron chi connectivity index (χ4n) is 4.10. The van der Waals surface area contributed by atoms with Crippen molar-refractivity contribution >= 4 is 27.3 Å². The molecule has 0 spiro atoms. The predicted molar refractivity (Wildman–Crippen MR) is 113 cm³/mol. The number of rotatable bonds is 7. The Balaban J connectivity index is 1.62. The molecule has 8 heteroatoms. The summed E-state index contributed by atoms with van der Waals surface area (Å²) in [7, 11) is -3.03. The molecule has 1 saturated heterocycles. The van der Waals surface area contributed by atoms with Gasteiger partial charge in [0.1, 0.15) is 0 Å². The Bertz CT molecular complexity index is 710. The lowest BCUT2D eigenvalue weighted by Gasteiger charge is -2.35. The lowest BCUT2D eigenvalue weighted by molar-refractivity contribution is 0.306. The van der Waals surface area contributed by atoms with Crippen LogP contribution in [0, 0.1) is 0 Å². The minimum atomic E-state index is -3.03. The molecule has 0 bridgehead atoms. The number of nitrogens with one attached hydrogen (secondary N) is 2. The van der Waals surface area contributed by atoms with Gasteiger partial charge in [0.2, 0.25) is 10.0 Å². The smallest absolute Gasteiger partial charge is 0.214 e. The topological polar surface area (TPSA) is 73.8 Å². The molecule has 0 atom stereocenters. The molecule has 0 radical (unpaired) electrons. The van der Waals surface area contributed by atoms with Crippen LogP contribution >= 0.6 is 11.3 Å². The van der Waals surface area contributed by atoms with Crippen molar-refractivity contribution in [3.63, 3.8) is 0 Å². The van der Waals surface area contributed by atoms with E-state index in [1.807, 2.05) is 11.3 Å². The Kier molecular flexibility index (Phi) is 7.16. The second-order valence-electron chi connectivity index (χ2n) is 7.51. The molecule has 2 heterocycles. The van der Waals surface area contributed by atoms with E-state index in [1.54, 1.807) is 4.31 Å². The van der Waals surface area contributed by atoms with Gasteiger partial charge in [-0.05, 0) is 37.6 Å². The van der Waals surface area contributed by atoms with Gasteiger partial charge in [0.25, 0.3) is 0 Å². The van der Waals surface area contributed by atoms with Crippen molar-refractivity contribution in [2.45, 2.75) is 50.9 Å². The zero-order valence-electron chi connectivity index (χ0n) is 16.2. The Morgan fingerprint density at radius 2 is 2.07 bits per heavy atom. The molecule has 2 fully saturated rings. The molecule has 0 unspecified atom stereocenters. The Morgan fingerprint density at radius 1 is 1.26 bits per heavy atom. The molecule has 1 aromatic heterocycles. The third-order valence-corrected chi connectivity index (χ3v) is 8.67. The van der Waals surface area contributed by atoms with Crippen LogP contribution in [-0.2, 0) is 15.4 Å². The average molecular weight is 413 g/mol. The summed E-state index contributed by atoms with van der Waals surface area (Å²) in [5.74, 6) is 1.07. The summed E-state index contributed by atoms with van der Waals surface area (Å²) in [5.41, 5.74) is 0.160. The number of hydrogen-bond donors (Lipinski definition) is 2. The summed E-state index contributed by atoms with van der Waals surface area (Å²) in [4.78, 5) is 6.35. The van der Waals surface area contributed by atoms with E-state index in [0.29, 0.717) is 19.6 Å². The van der Waals surface area contributed by atoms with Crippen LogP contribution in [-0.4, -0.2) is 57.2 Å². The van der Waals surface area contributed by atoms with Crippen LogP contribution < -0.4 is 10.6 Å². The van der Waals surface area contributed by atoms with Crippen molar-refractivity contribution in [1.29, 1.82) is 0 Å². The highest BCUT2D eigenvalue weighted by atomic mass is 32.2. The maximum absolute atomic E-state index is 11.9. The molecule has 2 N–H and O–H groups in total. The van der Waals surface area contributed by atoms with Gasteiger partial charge in [-0.1, -0.05) is 25.3 Å². The molecule has 1 aliphatic carbocycles. The van der Waals surface area contributed by atoms with E-state index in [0.717, 1.165) is 25.5 Å². The number of thiophene rings is 1. The molecule has 27 heavy (non-hydrogen) atoms. The quantitative estimate of drug-likeness (QED) is 0.533. The molecular weight excluding hydrogens is 380 g/mol. The van der Waals surface area contributed by atoms with Crippen molar-refractivity contribution in [2.24, 2.45) is 4.99 Å². The third kappa shape index (κ3) is 5.23. The van der Waals surface area contributed by atoms with E-state index in [1.165, 1.54) is 37.0 Å². The third-order valence-electron chi connectivity index (χ3n) is 5.60. The van der Waals surface area contributed by atoms with E-state index >= 15 is 0 Å². The van der Waals surface area contributed by atoms with E-state index in [9.17, 15) is 8.42 Å². The Labute approximate surface area is 167 Å². The second kappa shape index (κ2) is 9.39. The predicted octanol–water partition coefficient (Wildman–Crippen LogP) is 2.54. The molecular formula is C19H32N4O2S2. The van der Waals surface area contributed by atoms with Gasteiger partial charge in [0.15, 0.2) is 5.96 Å². The lowest BCUT2D eigenvalue weighted by Crippen LogP contribution is -2.43. The van der Waals surface area contributed by atoms with Gasteiger partial charge in [-0.15, -0.1) is 11.3 Å². The van der Waals surface area contributed by atoms with E-state index in [2.05, 4.69) is 35.1 Å². The van der Waals surface area contributed by atoms with Gasteiger partial charge >= 0.3 is 0 Å². The monoisotopic (exact) mass is 412 g/mol. The average Bonchev–Trinajstić information content (AvgIpc) is 3.31. The van der Waals surface area contributed by atoms with E-state index < -0.39 is 10.0 Å². The second-order valence-corrected chi connectivity index (χ2v) is 10.5. The van der Waals surface area contributed by atoms with Gasteiger partial charge in [0.05, 0.1) is 12.3 Å². The van der Waals surface area contributed by atoms with Crippen LogP contribution in [0.15, 0.2) is 22.5 Å². The molecule has 1 aromatic rings. The van der Waals surface area contributed by atoms with E-state index in [4.69, 9.17) is 4.99 Å². The number of aliphatic imine (C=N–C) groups is 1. The maximum atomic E-state index is 11.9. The first-order valence-electron chi connectivity index (χ1n) is 10.1. The summed E-state index contributed by atoms with van der Waals surface area (Å²) in [6, 6.07) is 4.39. The van der Waals surface area contributed by atoms with Crippen LogP contribution in [0.2, 0.25) is 0 Å². The summed E-state index contributed by atoms with van der Waals surface area (Å²) < 4.78 is 25.4. The van der Waals surface area contributed by atoms with Crippen LogP contribution in [0.3, 0.4) is 0 Å². The molecule has 0 amide bonds. The summed E-state index contributed by atoms with van der Waals surface area (Å²) in [6.45, 7) is 5.35. The fourth-order valence-corrected chi connectivity index (χ4v) is 6.61. The highest BCUT2D eigenvalue weighted by Gasteiger charge is 2.34. The molecule has 6 nitrogen and oxygen atoms in total. The highest BCUT2D eigenvalue weighted by Crippen LogP contribution is 2.41. The summed E-state index contributed by atoms with van der Waals surface area (Å²) in [5, 5.41) is 8.79. The van der Waals surface area contributed by atoms with Gasteiger partial charge < -0.3 is 10.6 Å². The number of sulfonamides is 1. The summed E-state index contributed by atoms with van der Waals surface area (Å²) >= 11 is 1.84. The maximum Gasteiger partial charge on any atom is 0.214 e. The van der Waals surface area contributed by atoms with Gasteiger partial charge in [-0.3, -0.25) is 4.99 Å².